The molecule has 1 saturated heterocycles. The zero-order valence-electron chi connectivity index (χ0n) is 20.3. The van der Waals surface area contributed by atoms with Gasteiger partial charge in [-0.3, -0.25) is 4.79 Å². The highest BCUT2D eigenvalue weighted by atomic mass is 16.7. The summed E-state index contributed by atoms with van der Waals surface area (Å²) in [4.78, 5) is 12.3. The van der Waals surface area contributed by atoms with Crippen molar-refractivity contribution in [3.63, 3.8) is 0 Å². The summed E-state index contributed by atoms with van der Waals surface area (Å²) in [6, 6.07) is 0. The van der Waals surface area contributed by atoms with Crippen LogP contribution in [0, 0.1) is 28.1 Å². The number of aliphatic hydroxyl groups is 4. The highest BCUT2D eigenvalue weighted by Crippen LogP contribution is 2.73. The summed E-state index contributed by atoms with van der Waals surface area (Å²) >= 11 is 0. The molecule has 5 fully saturated rings. The van der Waals surface area contributed by atoms with Gasteiger partial charge >= 0.3 is 5.97 Å². The molecule has 5 rings (SSSR count). The molecular formula is C26H40O8. The minimum atomic E-state index is -1.47. The number of aliphatic hydroxyl groups excluding tert-OH is 4. The molecule has 1 spiro atoms. The van der Waals surface area contributed by atoms with E-state index in [2.05, 4.69) is 13.5 Å². The fourth-order valence-electron chi connectivity index (χ4n) is 9.15. The Hall–Kier alpha value is -1.03. The lowest BCUT2D eigenvalue weighted by molar-refractivity contribution is -0.327. The standard InChI is InChI=1S/C26H40O8/c1-14-11-25-9-5-16-23(2,7-4-8-24(16,3)22(31)32)17(25)6-10-26(14,13-25)34-21-20(30)19(29)18(28)15(12-27)33-21/h15-21,27-30H,1,4-13H2,2-3H3,(H,31,32). The third kappa shape index (κ3) is 3.22. The first kappa shape index (κ1) is 24.7. The first-order chi connectivity index (χ1) is 15.9. The van der Waals surface area contributed by atoms with Crippen molar-refractivity contribution in [3.05, 3.63) is 12.2 Å². The molecule has 11 unspecified atom stereocenters. The number of carboxylic acids is 1. The van der Waals surface area contributed by atoms with Gasteiger partial charge in [-0.2, -0.15) is 0 Å². The fourth-order valence-corrected chi connectivity index (χ4v) is 9.15. The van der Waals surface area contributed by atoms with E-state index < -0.39 is 54.3 Å². The molecule has 4 saturated carbocycles. The monoisotopic (exact) mass is 480 g/mol. The summed E-state index contributed by atoms with van der Waals surface area (Å²) in [5.74, 6) is -0.149. The highest BCUT2D eigenvalue weighted by molar-refractivity contribution is 5.75. The minimum absolute atomic E-state index is 0.0224. The topological polar surface area (TPSA) is 137 Å². The van der Waals surface area contributed by atoms with Crippen LogP contribution >= 0.6 is 0 Å². The lowest BCUT2D eigenvalue weighted by Gasteiger charge is -2.64. The molecule has 11 atom stereocenters. The van der Waals surface area contributed by atoms with Gasteiger partial charge in [0.15, 0.2) is 6.29 Å². The Morgan fingerprint density at radius 1 is 1.06 bits per heavy atom. The maximum Gasteiger partial charge on any atom is 0.309 e. The van der Waals surface area contributed by atoms with Crippen LogP contribution in [0.15, 0.2) is 12.2 Å². The van der Waals surface area contributed by atoms with Crippen LogP contribution < -0.4 is 0 Å². The smallest absolute Gasteiger partial charge is 0.309 e. The van der Waals surface area contributed by atoms with Gasteiger partial charge in [0.05, 0.1) is 17.6 Å². The number of ether oxygens (including phenoxy) is 2. The number of rotatable bonds is 4. The normalized spacial score (nSPS) is 54.9. The summed E-state index contributed by atoms with van der Waals surface area (Å²) in [7, 11) is 0. The summed E-state index contributed by atoms with van der Waals surface area (Å²) < 4.78 is 12.1. The molecule has 1 aliphatic heterocycles. The molecular weight excluding hydrogens is 440 g/mol. The van der Waals surface area contributed by atoms with Crippen molar-refractivity contribution in [2.45, 2.75) is 108 Å². The molecule has 0 aromatic heterocycles. The van der Waals surface area contributed by atoms with Gasteiger partial charge in [-0.05, 0) is 86.5 Å². The van der Waals surface area contributed by atoms with Crippen molar-refractivity contribution in [2.24, 2.45) is 28.1 Å². The van der Waals surface area contributed by atoms with Crippen molar-refractivity contribution in [1.29, 1.82) is 0 Å². The third-order valence-electron chi connectivity index (χ3n) is 10.8. The van der Waals surface area contributed by atoms with Crippen molar-refractivity contribution in [2.75, 3.05) is 6.61 Å². The van der Waals surface area contributed by atoms with Crippen LogP contribution in [-0.2, 0) is 14.3 Å². The Morgan fingerprint density at radius 3 is 2.44 bits per heavy atom. The number of hydrogen-bond donors (Lipinski definition) is 5. The molecule has 0 amide bonds. The quantitative estimate of drug-likeness (QED) is 0.304. The molecule has 0 aromatic rings. The Balaban J connectivity index is 1.41. The van der Waals surface area contributed by atoms with Crippen LogP contribution in [0.1, 0.15) is 71.6 Å². The first-order valence-electron chi connectivity index (χ1n) is 12.8. The van der Waals surface area contributed by atoms with E-state index in [0.29, 0.717) is 12.3 Å². The number of carbonyl (C=O) groups is 1. The molecule has 5 aliphatic rings. The van der Waals surface area contributed by atoms with Crippen LogP contribution in [0.25, 0.3) is 0 Å². The van der Waals surface area contributed by atoms with Gasteiger partial charge in [0, 0.05) is 0 Å². The maximum absolute atomic E-state index is 12.3. The van der Waals surface area contributed by atoms with E-state index in [1.54, 1.807) is 0 Å². The summed E-state index contributed by atoms with van der Waals surface area (Å²) in [6.45, 7) is 8.15. The summed E-state index contributed by atoms with van der Waals surface area (Å²) in [5, 5.41) is 50.6. The molecule has 4 aliphatic carbocycles. The molecule has 5 N–H and O–H groups in total. The zero-order chi connectivity index (χ0) is 24.7. The van der Waals surface area contributed by atoms with Crippen LogP contribution in [0.3, 0.4) is 0 Å². The second-order valence-corrected chi connectivity index (χ2v) is 12.4. The molecule has 8 heteroatoms. The van der Waals surface area contributed by atoms with Crippen LogP contribution in [0.2, 0.25) is 0 Å². The zero-order valence-corrected chi connectivity index (χ0v) is 20.3. The average molecular weight is 481 g/mol. The Kier molecular flexibility index (Phi) is 5.79. The Bertz CT molecular complexity index is 860. The van der Waals surface area contributed by atoms with Gasteiger partial charge in [-0.1, -0.05) is 19.9 Å². The highest BCUT2D eigenvalue weighted by Gasteiger charge is 2.68. The largest absolute Gasteiger partial charge is 0.481 e. The predicted octanol–water partition coefficient (Wildman–Crippen LogP) is 1.98. The lowest BCUT2D eigenvalue weighted by atomic mass is 9.41. The number of aliphatic carboxylic acids is 1. The van der Waals surface area contributed by atoms with Gasteiger partial charge in [-0.15, -0.1) is 0 Å². The second kappa shape index (κ2) is 7.98. The SMILES string of the molecule is C=C1CC23CCC4C(C)(C(=O)O)CCCC4(C)C2CCC1(OC1OC(CO)C(O)C(O)C1O)C3. The second-order valence-electron chi connectivity index (χ2n) is 12.4. The van der Waals surface area contributed by atoms with Gasteiger partial charge in [0.1, 0.15) is 24.4 Å². The lowest BCUT2D eigenvalue weighted by Crippen LogP contribution is -2.62. The summed E-state index contributed by atoms with van der Waals surface area (Å²) in [6.07, 6.45) is 1.13. The van der Waals surface area contributed by atoms with Gasteiger partial charge in [0.2, 0.25) is 0 Å². The Morgan fingerprint density at radius 2 is 1.76 bits per heavy atom. The van der Waals surface area contributed by atoms with Crippen LogP contribution in [-0.4, -0.2) is 74.4 Å². The van der Waals surface area contributed by atoms with E-state index >= 15 is 0 Å². The Labute approximate surface area is 201 Å². The molecule has 0 radical (unpaired) electrons. The van der Waals surface area contributed by atoms with Crippen LogP contribution in [0.5, 0.6) is 0 Å². The van der Waals surface area contributed by atoms with E-state index in [0.717, 1.165) is 56.9 Å². The number of hydrogen-bond acceptors (Lipinski definition) is 7. The van der Waals surface area contributed by atoms with E-state index in [-0.39, 0.29) is 16.7 Å². The molecule has 2 bridgehead atoms. The molecule has 192 valence electrons. The first-order valence-corrected chi connectivity index (χ1v) is 12.8. The fraction of sp³-hybridized carbons (Fsp3) is 0.885. The van der Waals surface area contributed by atoms with Gasteiger partial charge in [0.25, 0.3) is 0 Å². The van der Waals surface area contributed by atoms with Gasteiger partial charge in [-0.25, -0.2) is 0 Å². The third-order valence-corrected chi connectivity index (χ3v) is 10.8. The molecule has 0 aromatic carbocycles. The predicted molar refractivity (Wildman–Crippen MR) is 122 cm³/mol. The van der Waals surface area contributed by atoms with E-state index in [4.69, 9.17) is 9.47 Å². The van der Waals surface area contributed by atoms with E-state index in [1.165, 1.54) is 0 Å². The van der Waals surface area contributed by atoms with Crippen molar-refractivity contribution >= 4 is 5.97 Å². The van der Waals surface area contributed by atoms with Crippen molar-refractivity contribution in [1.82, 2.24) is 0 Å². The van der Waals surface area contributed by atoms with E-state index in [9.17, 15) is 30.3 Å². The molecule has 34 heavy (non-hydrogen) atoms. The molecule has 8 nitrogen and oxygen atoms in total. The van der Waals surface area contributed by atoms with Crippen molar-refractivity contribution < 1.29 is 39.8 Å². The number of carboxylic acid groups (broad SMARTS) is 1. The number of fused-ring (bicyclic) bond motifs is 3. The van der Waals surface area contributed by atoms with Crippen LogP contribution in [0.4, 0.5) is 0 Å². The van der Waals surface area contributed by atoms with Gasteiger partial charge < -0.3 is 35.0 Å². The summed E-state index contributed by atoms with van der Waals surface area (Å²) in [5.41, 5.74) is -0.496. The van der Waals surface area contributed by atoms with E-state index in [1.807, 2.05) is 6.92 Å². The maximum atomic E-state index is 12.3. The minimum Gasteiger partial charge on any atom is -0.481 e. The van der Waals surface area contributed by atoms with Crippen molar-refractivity contribution in [3.8, 4) is 0 Å². The molecule has 1 heterocycles. The average Bonchev–Trinajstić information content (AvgIpc) is 2.98.